The van der Waals surface area contributed by atoms with Gasteiger partial charge in [-0.3, -0.25) is 0 Å². The van der Waals surface area contributed by atoms with Crippen LogP contribution in [0.1, 0.15) is 74.9 Å². The second kappa shape index (κ2) is 9.81. The molecule has 0 amide bonds. The second-order valence-electron chi connectivity index (χ2n) is 15.2. The highest BCUT2D eigenvalue weighted by Gasteiger charge is 2.51. The van der Waals surface area contributed by atoms with Crippen molar-refractivity contribution < 1.29 is 0 Å². The molecule has 0 radical (unpaired) electrons. The Morgan fingerprint density at radius 2 is 0.804 bits per heavy atom. The van der Waals surface area contributed by atoms with Gasteiger partial charge in [-0.05, 0) is 83.7 Å². The van der Waals surface area contributed by atoms with E-state index < -0.39 is 0 Å². The molecule has 2 N–H and O–H groups in total. The predicted molar refractivity (Wildman–Crippen MR) is 195 cm³/mol. The van der Waals surface area contributed by atoms with Gasteiger partial charge in [-0.1, -0.05) is 163 Å². The zero-order chi connectivity index (χ0) is 32.0. The molecule has 2 aliphatic carbocycles. The zero-order valence-electron chi connectivity index (χ0n) is 27.7. The maximum absolute atomic E-state index is 7.15. The van der Waals surface area contributed by atoms with Crippen LogP contribution >= 0.6 is 0 Å². The summed E-state index contributed by atoms with van der Waals surface area (Å²) >= 11 is 0. The highest BCUT2D eigenvalue weighted by Crippen LogP contribution is 2.63. The molecule has 0 heterocycles. The molecule has 0 unspecified atom stereocenters. The molecule has 0 atom stereocenters. The van der Waals surface area contributed by atoms with Crippen molar-refractivity contribution in [3.63, 3.8) is 0 Å². The molecule has 0 fully saturated rings. The minimum absolute atomic E-state index is 0.0309. The Balaban J connectivity index is 1.33. The van der Waals surface area contributed by atoms with Crippen molar-refractivity contribution in [1.29, 1.82) is 0 Å². The first-order chi connectivity index (χ1) is 22.0. The largest absolute Gasteiger partial charge is 0.398 e. The lowest BCUT2D eigenvalue weighted by molar-refractivity contribution is 0.569. The zero-order valence-corrected chi connectivity index (χ0v) is 27.7. The van der Waals surface area contributed by atoms with Crippen molar-refractivity contribution in [2.75, 3.05) is 5.73 Å². The van der Waals surface area contributed by atoms with Crippen molar-refractivity contribution in [3.8, 4) is 44.5 Å². The summed E-state index contributed by atoms with van der Waals surface area (Å²) < 4.78 is 0. The molecule has 0 saturated heterocycles. The summed E-state index contributed by atoms with van der Waals surface area (Å²) in [7, 11) is 0. The van der Waals surface area contributed by atoms with Crippen molar-refractivity contribution >= 4 is 5.69 Å². The van der Waals surface area contributed by atoms with E-state index in [4.69, 9.17) is 5.73 Å². The number of fused-ring (bicyclic) bond motifs is 10. The maximum Gasteiger partial charge on any atom is 0.0725 e. The van der Waals surface area contributed by atoms with Crippen LogP contribution < -0.4 is 5.73 Å². The Kier molecular flexibility index (Phi) is 6.09. The van der Waals surface area contributed by atoms with E-state index in [2.05, 4.69) is 169 Å². The Hall–Kier alpha value is -4.88. The quantitative estimate of drug-likeness (QED) is 0.198. The average Bonchev–Trinajstić information content (AvgIpc) is 3.51. The number of hydrogen-bond donors (Lipinski definition) is 1. The molecule has 6 aromatic carbocycles. The van der Waals surface area contributed by atoms with E-state index in [1.54, 1.807) is 0 Å². The van der Waals surface area contributed by atoms with Gasteiger partial charge < -0.3 is 5.73 Å². The maximum atomic E-state index is 7.15. The number of rotatable bonds is 2. The van der Waals surface area contributed by atoms with Gasteiger partial charge in [0.05, 0.1) is 5.41 Å². The van der Waals surface area contributed by atoms with E-state index in [1.807, 2.05) is 0 Å². The first-order valence-electron chi connectivity index (χ1n) is 16.5. The second-order valence-corrected chi connectivity index (χ2v) is 15.2. The molecule has 8 rings (SSSR count). The summed E-state index contributed by atoms with van der Waals surface area (Å²) in [5.41, 5.74) is 25.5. The fraction of sp³-hybridized carbons (Fsp3) is 0.200. The van der Waals surface area contributed by atoms with Gasteiger partial charge >= 0.3 is 0 Å². The lowest BCUT2D eigenvalue weighted by Crippen LogP contribution is -2.25. The number of hydrogen-bond acceptors (Lipinski definition) is 1. The molecule has 1 nitrogen and oxygen atoms in total. The van der Waals surface area contributed by atoms with Gasteiger partial charge in [0, 0.05) is 16.8 Å². The van der Waals surface area contributed by atoms with E-state index in [0.29, 0.717) is 0 Å². The third-order valence-corrected chi connectivity index (χ3v) is 10.4. The Morgan fingerprint density at radius 1 is 0.391 bits per heavy atom. The fourth-order valence-corrected chi connectivity index (χ4v) is 7.98. The van der Waals surface area contributed by atoms with Gasteiger partial charge in [-0.25, -0.2) is 0 Å². The first kappa shape index (κ1) is 28.6. The molecule has 46 heavy (non-hydrogen) atoms. The van der Waals surface area contributed by atoms with Crippen LogP contribution in [0, 0.1) is 0 Å². The van der Waals surface area contributed by atoms with Crippen molar-refractivity contribution in [2.24, 2.45) is 0 Å². The fourth-order valence-electron chi connectivity index (χ4n) is 7.98. The van der Waals surface area contributed by atoms with Crippen LogP contribution in [0.15, 0.2) is 127 Å². The van der Waals surface area contributed by atoms with Crippen molar-refractivity contribution in [1.82, 2.24) is 0 Å². The SMILES string of the molecule is CC(C)(C)c1cc(-c2cccc(-c3ccc4c(c3)-c3ccccc3C43c4ccccc4-c4ccccc43)c2N)cc(C(C)(C)C)c1. The van der Waals surface area contributed by atoms with Crippen LogP contribution in [0.4, 0.5) is 5.69 Å². The van der Waals surface area contributed by atoms with Crippen molar-refractivity contribution in [3.05, 3.63) is 161 Å². The molecule has 0 saturated carbocycles. The number of nitrogen functional groups attached to an aromatic ring is 1. The third-order valence-electron chi connectivity index (χ3n) is 10.4. The van der Waals surface area contributed by atoms with Crippen molar-refractivity contribution in [2.45, 2.75) is 57.8 Å². The molecule has 1 heteroatoms. The molecule has 2 aliphatic rings. The summed E-state index contributed by atoms with van der Waals surface area (Å²) in [6.45, 7) is 13.7. The lowest BCUT2D eigenvalue weighted by atomic mass is 9.70. The third kappa shape index (κ3) is 4.01. The van der Waals surface area contributed by atoms with Crippen LogP contribution in [0.2, 0.25) is 0 Å². The minimum Gasteiger partial charge on any atom is -0.398 e. The molecule has 6 aromatic rings. The highest BCUT2D eigenvalue weighted by atomic mass is 14.6. The van der Waals surface area contributed by atoms with Gasteiger partial charge in [0.1, 0.15) is 0 Å². The van der Waals surface area contributed by atoms with Crippen LogP contribution in [0.25, 0.3) is 44.5 Å². The van der Waals surface area contributed by atoms with E-state index in [0.717, 1.165) is 22.4 Å². The molecular formula is C45H41N. The normalized spacial score (nSPS) is 14.1. The molecule has 0 aromatic heterocycles. The van der Waals surface area contributed by atoms with Gasteiger partial charge in [-0.2, -0.15) is 0 Å². The first-order valence-corrected chi connectivity index (χ1v) is 16.5. The van der Waals surface area contributed by atoms with Gasteiger partial charge in [-0.15, -0.1) is 0 Å². The van der Waals surface area contributed by atoms with Crippen LogP contribution in [-0.4, -0.2) is 0 Å². The van der Waals surface area contributed by atoms with Gasteiger partial charge in [0.2, 0.25) is 0 Å². The Morgan fingerprint density at radius 3 is 1.30 bits per heavy atom. The number of para-hydroxylation sites is 1. The molecule has 0 aliphatic heterocycles. The average molecular weight is 596 g/mol. The van der Waals surface area contributed by atoms with Gasteiger partial charge in [0.25, 0.3) is 0 Å². The summed E-state index contributed by atoms with van der Waals surface area (Å²) in [6.07, 6.45) is 0. The molecule has 226 valence electrons. The van der Waals surface area contributed by atoms with Crippen LogP contribution in [0.3, 0.4) is 0 Å². The predicted octanol–water partition coefficient (Wildman–Crippen LogP) is 11.5. The van der Waals surface area contributed by atoms with Crippen LogP contribution in [0.5, 0.6) is 0 Å². The summed E-state index contributed by atoms with van der Waals surface area (Å²) in [4.78, 5) is 0. The van der Waals surface area contributed by atoms with E-state index >= 15 is 0 Å². The lowest BCUT2D eigenvalue weighted by Gasteiger charge is -2.30. The van der Waals surface area contributed by atoms with Gasteiger partial charge in [0.15, 0.2) is 0 Å². The van der Waals surface area contributed by atoms with Crippen LogP contribution in [-0.2, 0) is 16.2 Å². The van der Waals surface area contributed by atoms with E-state index in [-0.39, 0.29) is 16.2 Å². The Labute approximate surface area is 273 Å². The standard InChI is InChI=1S/C45H41N/c1-43(2,3)30-24-29(25-31(27-30)44(4,5)6)33-18-13-17-32(42(33)46)28-22-23-41-37(26-28)36-16-9-12-21-40(36)45(41)38-19-10-7-14-34(38)35-15-8-11-20-39(35)45/h7-27H,46H2,1-6H3. The monoisotopic (exact) mass is 595 g/mol. The summed E-state index contributed by atoms with van der Waals surface area (Å²) in [5, 5.41) is 0. The number of nitrogens with two attached hydrogens (primary N) is 1. The molecule has 0 bridgehead atoms. The number of benzene rings is 6. The molecule has 1 spiro atoms. The Bertz CT molecular complexity index is 2110. The van der Waals surface area contributed by atoms with E-state index in [9.17, 15) is 0 Å². The van der Waals surface area contributed by atoms with E-state index in [1.165, 1.54) is 61.2 Å². The molecular weight excluding hydrogens is 555 g/mol. The highest BCUT2D eigenvalue weighted by molar-refractivity contribution is 5.97. The number of anilines is 1. The topological polar surface area (TPSA) is 26.0 Å². The summed E-state index contributed by atoms with van der Waals surface area (Å²) in [5.74, 6) is 0. The smallest absolute Gasteiger partial charge is 0.0725 e. The summed E-state index contributed by atoms with van der Waals surface area (Å²) in [6, 6.07) is 47.5. The minimum atomic E-state index is -0.332.